The van der Waals surface area contributed by atoms with Gasteiger partial charge in [-0.15, -0.1) is 22.7 Å². The van der Waals surface area contributed by atoms with Crippen LogP contribution in [0.4, 0.5) is 0 Å². The summed E-state index contributed by atoms with van der Waals surface area (Å²) >= 11 is 3.52. The number of nitrogens with two attached hydrogens (primary N) is 1. The predicted molar refractivity (Wildman–Crippen MR) is 81.3 cm³/mol. The zero-order valence-electron chi connectivity index (χ0n) is 11.1. The maximum Gasteiger partial charge on any atom is 0.109 e. The first-order valence-corrected chi connectivity index (χ1v) is 8.44. The molecule has 1 aliphatic carbocycles. The van der Waals surface area contributed by atoms with Crippen molar-refractivity contribution in [2.24, 2.45) is 5.73 Å². The number of rotatable bonds is 6. The Balaban J connectivity index is 1.67. The molecule has 5 heteroatoms. The van der Waals surface area contributed by atoms with E-state index in [0.717, 1.165) is 24.1 Å². The number of aromatic nitrogens is 1. The molecule has 1 unspecified atom stereocenters. The molecule has 1 atom stereocenters. The summed E-state index contributed by atoms with van der Waals surface area (Å²) in [4.78, 5) is 8.63. The van der Waals surface area contributed by atoms with E-state index < -0.39 is 0 Å². The molecule has 2 N–H and O–H groups in total. The van der Waals surface area contributed by atoms with Gasteiger partial charge in [-0.05, 0) is 31.2 Å². The van der Waals surface area contributed by atoms with E-state index in [0.29, 0.717) is 0 Å². The third-order valence-corrected chi connectivity index (χ3v) is 5.28. The van der Waals surface area contributed by atoms with Crippen LogP contribution in [-0.2, 0) is 13.1 Å². The van der Waals surface area contributed by atoms with Crippen LogP contribution in [0.2, 0.25) is 0 Å². The summed E-state index contributed by atoms with van der Waals surface area (Å²) in [5.74, 6) is 0. The third-order valence-electron chi connectivity index (χ3n) is 3.33. The summed E-state index contributed by atoms with van der Waals surface area (Å²) in [5.41, 5.74) is 7.04. The molecule has 0 saturated heterocycles. The lowest BCUT2D eigenvalue weighted by Gasteiger charge is -2.20. The van der Waals surface area contributed by atoms with Gasteiger partial charge in [0, 0.05) is 29.4 Å². The van der Waals surface area contributed by atoms with Gasteiger partial charge in [0.15, 0.2) is 0 Å². The number of hydrogen-bond donors (Lipinski definition) is 1. The molecule has 3 nitrogen and oxygen atoms in total. The van der Waals surface area contributed by atoms with Crippen LogP contribution in [-0.4, -0.2) is 15.9 Å². The topological polar surface area (TPSA) is 42.1 Å². The smallest absolute Gasteiger partial charge is 0.109 e. The van der Waals surface area contributed by atoms with Crippen molar-refractivity contribution in [3.8, 4) is 0 Å². The first-order valence-electron chi connectivity index (χ1n) is 6.68. The van der Waals surface area contributed by atoms with Gasteiger partial charge in [0.1, 0.15) is 5.01 Å². The minimum Gasteiger partial charge on any atom is -0.322 e. The first-order chi connectivity index (χ1) is 9.22. The lowest BCUT2D eigenvalue weighted by Crippen LogP contribution is -2.24. The van der Waals surface area contributed by atoms with Crippen LogP contribution >= 0.6 is 22.7 Å². The normalized spacial score (nSPS) is 17.0. The SMILES string of the molecule is CC(N)c1nc(CN(Cc2cccs2)C2CC2)cs1. The Morgan fingerprint density at radius 1 is 1.42 bits per heavy atom. The maximum absolute atomic E-state index is 5.88. The molecule has 2 aromatic rings. The average Bonchev–Trinajstić information content (AvgIpc) is 2.90. The largest absolute Gasteiger partial charge is 0.322 e. The highest BCUT2D eigenvalue weighted by Gasteiger charge is 2.29. The van der Waals surface area contributed by atoms with Gasteiger partial charge in [0.2, 0.25) is 0 Å². The van der Waals surface area contributed by atoms with E-state index in [2.05, 4.69) is 32.8 Å². The van der Waals surface area contributed by atoms with Gasteiger partial charge >= 0.3 is 0 Å². The lowest BCUT2D eigenvalue weighted by atomic mass is 10.3. The van der Waals surface area contributed by atoms with Crippen molar-refractivity contribution in [3.05, 3.63) is 38.5 Å². The van der Waals surface area contributed by atoms with Crippen molar-refractivity contribution in [3.63, 3.8) is 0 Å². The van der Waals surface area contributed by atoms with Gasteiger partial charge in [0.25, 0.3) is 0 Å². The first kappa shape index (κ1) is 13.2. The zero-order chi connectivity index (χ0) is 13.2. The van der Waals surface area contributed by atoms with E-state index in [4.69, 9.17) is 5.73 Å². The molecule has 0 aromatic carbocycles. The Morgan fingerprint density at radius 2 is 2.26 bits per heavy atom. The number of thiazole rings is 1. The van der Waals surface area contributed by atoms with E-state index in [9.17, 15) is 0 Å². The quantitative estimate of drug-likeness (QED) is 0.887. The second-order valence-electron chi connectivity index (χ2n) is 5.18. The van der Waals surface area contributed by atoms with Gasteiger partial charge < -0.3 is 5.73 Å². The van der Waals surface area contributed by atoms with Crippen LogP contribution in [0.3, 0.4) is 0 Å². The Hall–Kier alpha value is -0.750. The Kier molecular flexibility index (Phi) is 3.98. The highest BCUT2D eigenvalue weighted by Crippen LogP contribution is 2.31. The number of thiophene rings is 1. The van der Waals surface area contributed by atoms with E-state index in [1.807, 2.05) is 18.3 Å². The standard InChI is InChI=1S/C14H19N3S2/c1-10(15)14-16-11(9-19-14)7-17(12-4-5-12)8-13-3-2-6-18-13/h2-3,6,9-10,12H,4-5,7-8,15H2,1H3. The zero-order valence-corrected chi connectivity index (χ0v) is 12.7. The highest BCUT2D eigenvalue weighted by atomic mass is 32.1. The van der Waals surface area contributed by atoms with Gasteiger partial charge in [0.05, 0.1) is 11.7 Å². The maximum atomic E-state index is 5.88. The Morgan fingerprint density at radius 3 is 2.84 bits per heavy atom. The molecule has 0 bridgehead atoms. The monoisotopic (exact) mass is 293 g/mol. The molecule has 1 fully saturated rings. The average molecular weight is 293 g/mol. The van der Waals surface area contributed by atoms with Crippen LogP contribution in [0.25, 0.3) is 0 Å². The highest BCUT2D eigenvalue weighted by molar-refractivity contribution is 7.10. The molecular formula is C14H19N3S2. The molecule has 0 radical (unpaired) electrons. The third kappa shape index (κ3) is 3.42. The minimum atomic E-state index is 0.0467. The summed E-state index contributed by atoms with van der Waals surface area (Å²) in [7, 11) is 0. The summed E-state index contributed by atoms with van der Waals surface area (Å²) in [5, 5.41) is 5.35. The summed E-state index contributed by atoms with van der Waals surface area (Å²) < 4.78 is 0. The van der Waals surface area contributed by atoms with Crippen LogP contribution in [0, 0.1) is 0 Å². The molecule has 0 spiro atoms. The predicted octanol–water partition coefficient (Wildman–Crippen LogP) is 3.39. The second-order valence-corrected chi connectivity index (χ2v) is 7.10. The van der Waals surface area contributed by atoms with Gasteiger partial charge in [-0.3, -0.25) is 4.90 Å². The molecule has 2 aromatic heterocycles. The summed E-state index contributed by atoms with van der Waals surface area (Å²) in [6, 6.07) is 5.14. The van der Waals surface area contributed by atoms with E-state index in [1.165, 1.54) is 23.4 Å². The Labute approximate surface area is 122 Å². The second kappa shape index (κ2) is 5.71. The Bertz CT molecular complexity index is 515. The molecule has 3 rings (SSSR count). The number of hydrogen-bond acceptors (Lipinski definition) is 5. The van der Waals surface area contributed by atoms with Gasteiger partial charge in [-0.2, -0.15) is 0 Å². The molecule has 1 saturated carbocycles. The number of nitrogens with zero attached hydrogens (tertiary/aromatic N) is 2. The molecule has 102 valence electrons. The molecule has 0 amide bonds. The van der Waals surface area contributed by atoms with Crippen molar-refractivity contribution >= 4 is 22.7 Å². The lowest BCUT2D eigenvalue weighted by molar-refractivity contribution is 0.245. The van der Waals surface area contributed by atoms with Crippen LogP contribution in [0.5, 0.6) is 0 Å². The van der Waals surface area contributed by atoms with E-state index >= 15 is 0 Å². The van der Waals surface area contributed by atoms with Crippen LogP contribution in [0.1, 0.15) is 41.4 Å². The fraction of sp³-hybridized carbons (Fsp3) is 0.500. The fourth-order valence-electron chi connectivity index (χ4n) is 2.17. The molecule has 0 aliphatic heterocycles. The van der Waals surface area contributed by atoms with Crippen molar-refractivity contribution in [2.45, 2.75) is 44.9 Å². The van der Waals surface area contributed by atoms with Crippen molar-refractivity contribution in [2.75, 3.05) is 0 Å². The molecular weight excluding hydrogens is 274 g/mol. The summed E-state index contributed by atoms with van der Waals surface area (Å²) in [6.45, 7) is 3.99. The van der Waals surface area contributed by atoms with E-state index in [-0.39, 0.29) is 6.04 Å². The van der Waals surface area contributed by atoms with Gasteiger partial charge in [-0.1, -0.05) is 6.07 Å². The van der Waals surface area contributed by atoms with E-state index in [1.54, 1.807) is 11.3 Å². The van der Waals surface area contributed by atoms with Crippen molar-refractivity contribution in [1.29, 1.82) is 0 Å². The summed E-state index contributed by atoms with van der Waals surface area (Å²) in [6.07, 6.45) is 2.66. The molecule has 19 heavy (non-hydrogen) atoms. The fourth-order valence-corrected chi connectivity index (χ4v) is 3.67. The molecule has 1 aliphatic rings. The van der Waals surface area contributed by atoms with Crippen molar-refractivity contribution in [1.82, 2.24) is 9.88 Å². The van der Waals surface area contributed by atoms with Crippen LogP contribution < -0.4 is 5.73 Å². The van der Waals surface area contributed by atoms with Gasteiger partial charge in [-0.25, -0.2) is 4.98 Å². The minimum absolute atomic E-state index is 0.0467. The van der Waals surface area contributed by atoms with Crippen LogP contribution in [0.15, 0.2) is 22.9 Å². The van der Waals surface area contributed by atoms with Crippen molar-refractivity contribution < 1.29 is 0 Å². The molecule has 2 heterocycles.